The lowest BCUT2D eigenvalue weighted by molar-refractivity contribution is -0.384. The number of carbonyl (C=O) groups is 1. The van der Waals surface area contributed by atoms with E-state index in [9.17, 15) is 14.9 Å². The molecule has 0 saturated carbocycles. The van der Waals surface area contributed by atoms with E-state index in [0.717, 1.165) is 15.4 Å². The number of rotatable bonds is 3. The molecule has 2 aromatic rings. The third-order valence-electron chi connectivity index (χ3n) is 3.92. The molecule has 0 aliphatic carbocycles. The quantitative estimate of drug-likeness (QED) is 0.641. The minimum absolute atomic E-state index is 0.0711. The van der Waals surface area contributed by atoms with Crippen LogP contribution in [0.25, 0.3) is 0 Å². The highest BCUT2D eigenvalue weighted by molar-refractivity contribution is 7.13. The summed E-state index contributed by atoms with van der Waals surface area (Å²) in [6.07, 6.45) is 0. The number of aryl methyl sites for hydroxylation is 1. The minimum atomic E-state index is -0.387. The van der Waals surface area contributed by atoms with Gasteiger partial charge in [0.25, 0.3) is 11.6 Å². The van der Waals surface area contributed by atoms with Crippen LogP contribution >= 0.6 is 11.3 Å². The van der Waals surface area contributed by atoms with Gasteiger partial charge in [0.15, 0.2) is 0 Å². The van der Waals surface area contributed by atoms with Crippen LogP contribution in [0.5, 0.6) is 0 Å². The van der Waals surface area contributed by atoms with E-state index in [1.807, 2.05) is 30.0 Å². The van der Waals surface area contributed by atoms with Crippen molar-refractivity contribution in [2.75, 3.05) is 31.1 Å². The summed E-state index contributed by atoms with van der Waals surface area (Å²) in [4.78, 5) is 28.7. The maximum absolute atomic E-state index is 12.4. The van der Waals surface area contributed by atoms with E-state index in [-0.39, 0.29) is 16.5 Å². The fourth-order valence-electron chi connectivity index (χ4n) is 2.68. The van der Waals surface area contributed by atoms with Crippen LogP contribution < -0.4 is 4.90 Å². The number of thiophene rings is 1. The van der Waals surface area contributed by atoms with Gasteiger partial charge >= 0.3 is 0 Å². The van der Waals surface area contributed by atoms with Crippen LogP contribution in [0, 0.1) is 17.0 Å². The van der Waals surface area contributed by atoms with Gasteiger partial charge in [0.05, 0.1) is 9.80 Å². The highest BCUT2D eigenvalue weighted by Crippen LogP contribution is 2.23. The van der Waals surface area contributed by atoms with Gasteiger partial charge in [-0.25, -0.2) is 0 Å². The monoisotopic (exact) mass is 331 g/mol. The molecule has 0 N–H and O–H groups in total. The summed E-state index contributed by atoms with van der Waals surface area (Å²) in [6, 6.07) is 10.5. The molecule has 7 heteroatoms. The Balaban J connectivity index is 1.65. The summed E-state index contributed by atoms with van der Waals surface area (Å²) < 4.78 is 0. The molecule has 1 aliphatic rings. The molecule has 6 nitrogen and oxygen atoms in total. The highest BCUT2D eigenvalue weighted by atomic mass is 32.1. The number of amides is 1. The standard InChI is InChI=1S/C16H17N3O3S/c1-12-5-6-15(23-12)16(20)18-9-7-17(8-10-18)13-3-2-4-14(11-13)19(21)22/h2-6,11H,7-10H2,1H3. The largest absolute Gasteiger partial charge is 0.368 e. The Bertz CT molecular complexity index is 736. The zero-order chi connectivity index (χ0) is 16.4. The Labute approximate surface area is 138 Å². The lowest BCUT2D eigenvalue weighted by Crippen LogP contribution is -2.48. The van der Waals surface area contributed by atoms with E-state index in [4.69, 9.17) is 0 Å². The van der Waals surface area contributed by atoms with Crippen molar-refractivity contribution in [3.63, 3.8) is 0 Å². The third kappa shape index (κ3) is 3.34. The van der Waals surface area contributed by atoms with Crippen molar-refractivity contribution in [1.29, 1.82) is 0 Å². The molecule has 0 atom stereocenters. The van der Waals surface area contributed by atoms with Gasteiger partial charge in [-0.3, -0.25) is 14.9 Å². The van der Waals surface area contributed by atoms with Crippen LogP contribution in [0.2, 0.25) is 0 Å². The van der Waals surface area contributed by atoms with Crippen molar-refractivity contribution in [1.82, 2.24) is 4.90 Å². The number of hydrogen-bond donors (Lipinski definition) is 0. The van der Waals surface area contributed by atoms with E-state index in [2.05, 4.69) is 4.90 Å². The van der Waals surface area contributed by atoms with Gasteiger partial charge in [-0.2, -0.15) is 0 Å². The molecule has 23 heavy (non-hydrogen) atoms. The van der Waals surface area contributed by atoms with Gasteiger partial charge in [-0.1, -0.05) is 6.07 Å². The molecule has 2 heterocycles. The fourth-order valence-corrected chi connectivity index (χ4v) is 3.51. The molecule has 1 aromatic heterocycles. The second kappa shape index (κ2) is 6.37. The first-order valence-electron chi connectivity index (χ1n) is 7.40. The lowest BCUT2D eigenvalue weighted by atomic mass is 10.2. The van der Waals surface area contributed by atoms with Crippen LogP contribution in [0.1, 0.15) is 14.5 Å². The molecule has 1 fully saturated rings. The van der Waals surface area contributed by atoms with Crippen LogP contribution in [0.4, 0.5) is 11.4 Å². The number of hydrogen-bond acceptors (Lipinski definition) is 5. The first kappa shape index (κ1) is 15.5. The van der Waals surface area contributed by atoms with Gasteiger partial charge in [-0.05, 0) is 25.1 Å². The van der Waals surface area contributed by atoms with Crippen molar-refractivity contribution >= 4 is 28.6 Å². The third-order valence-corrected chi connectivity index (χ3v) is 4.91. The molecule has 120 valence electrons. The maximum atomic E-state index is 12.4. The second-order valence-electron chi connectivity index (χ2n) is 5.47. The lowest BCUT2D eigenvalue weighted by Gasteiger charge is -2.35. The minimum Gasteiger partial charge on any atom is -0.368 e. The molecule has 1 amide bonds. The highest BCUT2D eigenvalue weighted by Gasteiger charge is 2.23. The van der Waals surface area contributed by atoms with Crippen molar-refractivity contribution in [3.05, 3.63) is 56.3 Å². The average Bonchev–Trinajstić information content (AvgIpc) is 3.01. The molecule has 3 rings (SSSR count). The van der Waals surface area contributed by atoms with Crippen molar-refractivity contribution < 1.29 is 9.72 Å². The van der Waals surface area contributed by atoms with E-state index < -0.39 is 0 Å². The first-order chi connectivity index (χ1) is 11.0. The molecule has 1 aliphatic heterocycles. The van der Waals surface area contributed by atoms with Crippen LogP contribution in [0.15, 0.2) is 36.4 Å². The fraction of sp³-hybridized carbons (Fsp3) is 0.312. The van der Waals surface area contributed by atoms with E-state index >= 15 is 0 Å². The van der Waals surface area contributed by atoms with E-state index in [1.54, 1.807) is 12.1 Å². The number of benzene rings is 1. The number of nitro groups is 1. The normalized spacial score (nSPS) is 14.8. The molecule has 0 bridgehead atoms. The molecule has 1 saturated heterocycles. The Hall–Kier alpha value is -2.41. The summed E-state index contributed by atoms with van der Waals surface area (Å²) in [5.74, 6) is 0.0711. The second-order valence-corrected chi connectivity index (χ2v) is 6.75. The van der Waals surface area contributed by atoms with Crippen molar-refractivity contribution in [2.24, 2.45) is 0 Å². The molecule has 1 aromatic carbocycles. The summed E-state index contributed by atoms with van der Waals surface area (Å²) in [5.41, 5.74) is 0.924. The summed E-state index contributed by atoms with van der Waals surface area (Å²) in [5, 5.41) is 10.9. The summed E-state index contributed by atoms with van der Waals surface area (Å²) in [6.45, 7) is 4.59. The van der Waals surface area contributed by atoms with Gasteiger partial charge < -0.3 is 9.80 Å². The Kier molecular flexibility index (Phi) is 4.29. The van der Waals surface area contributed by atoms with Gasteiger partial charge in [-0.15, -0.1) is 11.3 Å². The Morgan fingerprint density at radius 1 is 1.17 bits per heavy atom. The molecule has 0 unspecified atom stereocenters. The number of piperazine rings is 1. The zero-order valence-electron chi connectivity index (χ0n) is 12.8. The summed E-state index contributed by atoms with van der Waals surface area (Å²) in [7, 11) is 0. The van der Waals surface area contributed by atoms with Crippen LogP contribution in [-0.2, 0) is 0 Å². The van der Waals surface area contributed by atoms with Gasteiger partial charge in [0.2, 0.25) is 0 Å². The zero-order valence-corrected chi connectivity index (χ0v) is 13.6. The molecule has 0 spiro atoms. The van der Waals surface area contributed by atoms with E-state index in [0.29, 0.717) is 26.2 Å². The molecular formula is C16H17N3O3S. The van der Waals surface area contributed by atoms with Gasteiger partial charge in [0.1, 0.15) is 0 Å². The van der Waals surface area contributed by atoms with Gasteiger partial charge in [0, 0.05) is 48.9 Å². The predicted octanol–water partition coefficient (Wildman–Crippen LogP) is 2.93. The Morgan fingerprint density at radius 2 is 1.91 bits per heavy atom. The number of nitrogens with zero attached hydrogens (tertiary/aromatic N) is 3. The van der Waals surface area contributed by atoms with Crippen LogP contribution in [0.3, 0.4) is 0 Å². The van der Waals surface area contributed by atoms with E-state index in [1.165, 1.54) is 17.4 Å². The summed E-state index contributed by atoms with van der Waals surface area (Å²) >= 11 is 1.51. The molecular weight excluding hydrogens is 314 g/mol. The number of anilines is 1. The van der Waals surface area contributed by atoms with Crippen LogP contribution in [-0.4, -0.2) is 41.9 Å². The number of nitro benzene ring substituents is 1. The first-order valence-corrected chi connectivity index (χ1v) is 8.21. The number of non-ortho nitro benzene ring substituents is 1. The SMILES string of the molecule is Cc1ccc(C(=O)N2CCN(c3cccc([N+](=O)[O-])c3)CC2)s1. The average molecular weight is 331 g/mol. The number of carbonyl (C=O) groups excluding carboxylic acids is 1. The maximum Gasteiger partial charge on any atom is 0.271 e. The topological polar surface area (TPSA) is 66.7 Å². The van der Waals surface area contributed by atoms with Crippen molar-refractivity contribution in [2.45, 2.75) is 6.92 Å². The Morgan fingerprint density at radius 3 is 2.52 bits per heavy atom. The van der Waals surface area contributed by atoms with Crippen molar-refractivity contribution in [3.8, 4) is 0 Å². The smallest absolute Gasteiger partial charge is 0.271 e. The predicted molar refractivity (Wildman–Crippen MR) is 90.3 cm³/mol. The molecule has 0 radical (unpaired) electrons.